The normalized spacial score (nSPS) is 17.2. The monoisotopic (exact) mass is 327 g/mol. The van der Waals surface area contributed by atoms with Crippen LogP contribution in [0.1, 0.15) is 19.4 Å². The Hall–Kier alpha value is -0.983. The largest absolute Gasteiger partial charge is 0.361 e. The van der Waals surface area contributed by atoms with Gasteiger partial charge in [0.05, 0.1) is 5.41 Å². The second kappa shape index (κ2) is 5.66. The molecule has 0 N–H and O–H groups in total. The minimum absolute atomic E-state index is 0.0482. The van der Waals surface area contributed by atoms with Gasteiger partial charge in [-0.1, -0.05) is 31.2 Å². The van der Waals surface area contributed by atoms with Gasteiger partial charge >= 0.3 is 0 Å². The summed E-state index contributed by atoms with van der Waals surface area (Å²) in [6.07, 6.45) is 1.38. The average molecular weight is 328 g/mol. The number of halogens is 1. The van der Waals surface area contributed by atoms with Crippen LogP contribution in [-0.4, -0.2) is 37.3 Å². The predicted molar refractivity (Wildman–Crippen MR) is 86.5 cm³/mol. The fraction of sp³-hybridized carbons (Fsp3) is 0.643. The molecule has 116 valence electrons. The summed E-state index contributed by atoms with van der Waals surface area (Å²) < 4.78 is 5.69. The molecule has 0 aromatic carbocycles. The van der Waals surface area contributed by atoms with Gasteiger partial charge in [0.25, 0.3) is 0 Å². The maximum Gasteiger partial charge on any atom is 0.240 e. The third kappa shape index (κ3) is 3.27. The van der Waals surface area contributed by atoms with Gasteiger partial charge in [-0.25, -0.2) is 9.97 Å². The van der Waals surface area contributed by atoms with Crippen LogP contribution in [0.2, 0.25) is 30.8 Å². The first-order valence-electron chi connectivity index (χ1n) is 7.05. The van der Waals surface area contributed by atoms with Gasteiger partial charge in [-0.05, 0) is 19.9 Å². The Morgan fingerprint density at radius 3 is 2.62 bits per heavy atom. The number of carbonyl (C=O) groups excluding carboxylic acids is 1. The van der Waals surface area contributed by atoms with E-state index in [2.05, 4.69) is 29.6 Å². The molecule has 7 heteroatoms. The number of nitrogens with zero attached hydrogens (tertiary/aromatic N) is 3. The number of anilines is 1. The first kappa shape index (κ1) is 16.4. The lowest BCUT2D eigenvalue weighted by Crippen LogP contribution is -2.38. The molecule has 0 saturated carbocycles. The van der Waals surface area contributed by atoms with E-state index >= 15 is 0 Å². The molecule has 0 bridgehead atoms. The molecule has 0 aliphatic carbocycles. The molecular formula is C14H22ClN3O2Si. The number of hydrogen-bond donors (Lipinski definition) is 0. The van der Waals surface area contributed by atoms with Crippen LogP contribution in [0.15, 0.2) is 6.33 Å². The molecule has 2 heterocycles. The Bertz CT molecular complexity index is 558. The first-order chi connectivity index (χ1) is 9.64. The number of fused-ring (bicyclic) bond motifs is 1. The fourth-order valence-corrected chi connectivity index (χ4v) is 3.41. The molecular weight excluding hydrogens is 306 g/mol. The van der Waals surface area contributed by atoms with Crippen molar-refractivity contribution in [2.45, 2.75) is 44.9 Å². The quantitative estimate of drug-likeness (QED) is 0.474. The zero-order chi connectivity index (χ0) is 15.8. The molecule has 0 saturated heterocycles. The molecule has 21 heavy (non-hydrogen) atoms. The molecule has 0 unspecified atom stereocenters. The SMILES string of the molecule is CC1(C)C(=O)N(COCC[Si](C)(C)C)c2ncnc(Cl)c21. The molecule has 0 fully saturated rings. The molecule has 0 atom stereocenters. The molecule has 1 aliphatic rings. The number of aromatic nitrogens is 2. The Morgan fingerprint density at radius 1 is 1.33 bits per heavy atom. The van der Waals surface area contributed by atoms with Gasteiger partial charge in [0, 0.05) is 20.2 Å². The van der Waals surface area contributed by atoms with E-state index in [1.165, 1.54) is 6.33 Å². The predicted octanol–water partition coefficient (Wildman–Crippen LogP) is 3.07. The van der Waals surface area contributed by atoms with Crippen molar-refractivity contribution in [3.63, 3.8) is 0 Å². The van der Waals surface area contributed by atoms with Gasteiger partial charge in [0.1, 0.15) is 24.0 Å². The molecule has 5 nitrogen and oxygen atoms in total. The van der Waals surface area contributed by atoms with Crippen LogP contribution in [-0.2, 0) is 14.9 Å². The molecule has 0 spiro atoms. The van der Waals surface area contributed by atoms with E-state index in [0.29, 0.717) is 23.1 Å². The topological polar surface area (TPSA) is 55.3 Å². The third-order valence-corrected chi connectivity index (χ3v) is 5.65. The van der Waals surface area contributed by atoms with Gasteiger partial charge in [-0.15, -0.1) is 0 Å². The highest BCUT2D eigenvalue weighted by Crippen LogP contribution is 2.42. The van der Waals surface area contributed by atoms with E-state index in [4.69, 9.17) is 16.3 Å². The van der Waals surface area contributed by atoms with Crippen LogP contribution < -0.4 is 4.90 Å². The van der Waals surface area contributed by atoms with Crippen molar-refractivity contribution in [3.8, 4) is 0 Å². The van der Waals surface area contributed by atoms with E-state index in [1.54, 1.807) is 4.90 Å². The van der Waals surface area contributed by atoms with E-state index in [-0.39, 0.29) is 12.6 Å². The van der Waals surface area contributed by atoms with Crippen molar-refractivity contribution < 1.29 is 9.53 Å². The van der Waals surface area contributed by atoms with E-state index in [0.717, 1.165) is 6.04 Å². The molecule has 2 rings (SSSR count). The van der Waals surface area contributed by atoms with Crippen LogP contribution in [0.5, 0.6) is 0 Å². The van der Waals surface area contributed by atoms with E-state index in [1.807, 2.05) is 13.8 Å². The molecule has 1 aliphatic heterocycles. The molecule has 1 aromatic heterocycles. The van der Waals surface area contributed by atoms with E-state index < -0.39 is 13.5 Å². The zero-order valence-electron chi connectivity index (χ0n) is 13.2. The second-order valence-electron chi connectivity index (χ2n) is 7.07. The number of rotatable bonds is 5. The summed E-state index contributed by atoms with van der Waals surface area (Å²) in [7, 11) is -1.14. The maximum absolute atomic E-state index is 12.6. The number of hydrogen-bond acceptors (Lipinski definition) is 4. The highest BCUT2D eigenvalue weighted by Gasteiger charge is 2.47. The molecule has 1 aromatic rings. The third-order valence-electron chi connectivity index (χ3n) is 3.66. The lowest BCUT2D eigenvalue weighted by molar-refractivity contribution is -0.123. The van der Waals surface area contributed by atoms with Crippen molar-refractivity contribution in [1.82, 2.24) is 9.97 Å². The van der Waals surface area contributed by atoms with Gasteiger partial charge in [0.15, 0.2) is 0 Å². The highest BCUT2D eigenvalue weighted by molar-refractivity contribution is 6.76. The zero-order valence-corrected chi connectivity index (χ0v) is 15.0. The Kier molecular flexibility index (Phi) is 4.42. The minimum Gasteiger partial charge on any atom is -0.361 e. The summed E-state index contributed by atoms with van der Waals surface area (Å²) in [5.74, 6) is 0.519. The van der Waals surface area contributed by atoms with Crippen LogP contribution in [0.25, 0.3) is 0 Å². The Labute approximate surface area is 131 Å². The minimum atomic E-state index is -1.14. The summed E-state index contributed by atoms with van der Waals surface area (Å²) in [5.41, 5.74) is -0.0269. The van der Waals surface area contributed by atoms with Gasteiger partial charge < -0.3 is 4.74 Å². The van der Waals surface area contributed by atoms with Crippen molar-refractivity contribution in [2.75, 3.05) is 18.2 Å². The summed E-state index contributed by atoms with van der Waals surface area (Å²) in [6.45, 7) is 11.4. The second-order valence-corrected chi connectivity index (χ2v) is 13.0. The molecule has 0 radical (unpaired) electrons. The van der Waals surface area contributed by atoms with E-state index in [9.17, 15) is 4.79 Å². The fourth-order valence-electron chi connectivity index (χ4n) is 2.29. The van der Waals surface area contributed by atoms with Crippen LogP contribution >= 0.6 is 11.6 Å². The lowest BCUT2D eigenvalue weighted by Gasteiger charge is -2.21. The molecule has 1 amide bonds. The van der Waals surface area contributed by atoms with Gasteiger partial charge in [-0.3, -0.25) is 9.69 Å². The Balaban J connectivity index is 2.12. The van der Waals surface area contributed by atoms with Crippen molar-refractivity contribution in [2.24, 2.45) is 0 Å². The summed E-state index contributed by atoms with van der Waals surface area (Å²) in [6, 6.07) is 1.07. The van der Waals surface area contributed by atoms with Crippen molar-refractivity contribution in [3.05, 3.63) is 17.0 Å². The van der Waals surface area contributed by atoms with Crippen LogP contribution in [0.4, 0.5) is 5.82 Å². The summed E-state index contributed by atoms with van der Waals surface area (Å²) in [5, 5.41) is 0.336. The number of carbonyl (C=O) groups is 1. The highest BCUT2D eigenvalue weighted by atomic mass is 35.5. The Morgan fingerprint density at radius 2 is 2.00 bits per heavy atom. The average Bonchev–Trinajstić information content (AvgIpc) is 2.54. The van der Waals surface area contributed by atoms with Gasteiger partial charge in [-0.2, -0.15) is 0 Å². The maximum atomic E-state index is 12.6. The van der Waals surface area contributed by atoms with Crippen molar-refractivity contribution in [1.29, 1.82) is 0 Å². The summed E-state index contributed by atoms with van der Waals surface area (Å²) >= 11 is 6.14. The summed E-state index contributed by atoms with van der Waals surface area (Å²) in [4.78, 5) is 22.3. The van der Waals surface area contributed by atoms with Gasteiger partial charge in [0.2, 0.25) is 5.91 Å². The van der Waals surface area contributed by atoms with Crippen molar-refractivity contribution >= 4 is 31.4 Å². The van der Waals surface area contributed by atoms with Crippen LogP contribution in [0.3, 0.4) is 0 Å². The lowest BCUT2D eigenvalue weighted by atomic mass is 9.88. The number of ether oxygens (including phenoxy) is 1. The van der Waals surface area contributed by atoms with Crippen LogP contribution in [0, 0.1) is 0 Å². The number of amides is 1. The first-order valence-corrected chi connectivity index (χ1v) is 11.1. The standard InChI is InChI=1S/C14H22ClN3O2Si/c1-14(2)10-11(15)16-8-17-12(10)18(13(14)19)9-20-6-7-21(3,4)5/h8H,6-7,9H2,1-5H3. The smallest absolute Gasteiger partial charge is 0.240 e.